The van der Waals surface area contributed by atoms with E-state index in [1.807, 2.05) is 30.3 Å². The minimum Gasteiger partial charge on any atom is -0.492 e. The summed E-state index contributed by atoms with van der Waals surface area (Å²) in [6.45, 7) is 0.976. The molecule has 4 nitrogen and oxygen atoms in total. The van der Waals surface area contributed by atoms with Crippen LogP contribution in [-0.4, -0.2) is 19.1 Å². The van der Waals surface area contributed by atoms with Crippen molar-refractivity contribution in [1.29, 1.82) is 0 Å². The van der Waals surface area contributed by atoms with Crippen molar-refractivity contribution in [2.75, 3.05) is 18.5 Å². The molecule has 0 aliphatic heterocycles. The van der Waals surface area contributed by atoms with Crippen molar-refractivity contribution in [3.05, 3.63) is 45.1 Å². The average Bonchev–Trinajstić information content (AvgIpc) is 2.92. The van der Waals surface area contributed by atoms with E-state index in [1.54, 1.807) is 11.3 Å². The monoisotopic (exact) mass is 382 g/mol. The number of nitrogens with one attached hydrogen (secondary N) is 1. The Kier molecular flexibility index (Phi) is 6.89. The normalized spacial score (nSPS) is 10.5. The first-order valence-electron chi connectivity index (χ1n) is 7.14. The number of thiophene rings is 1. The van der Waals surface area contributed by atoms with E-state index in [4.69, 9.17) is 10.5 Å². The van der Waals surface area contributed by atoms with E-state index >= 15 is 0 Å². The van der Waals surface area contributed by atoms with Crippen LogP contribution in [-0.2, 0) is 11.2 Å². The number of rotatable bonds is 8. The van der Waals surface area contributed by atoms with E-state index in [0.717, 1.165) is 28.1 Å². The highest BCUT2D eigenvalue weighted by atomic mass is 79.9. The lowest BCUT2D eigenvalue weighted by atomic mass is 10.2. The molecule has 0 bridgehead atoms. The first kappa shape index (κ1) is 17.0. The molecule has 0 saturated heterocycles. The number of amides is 1. The summed E-state index contributed by atoms with van der Waals surface area (Å²) in [5.74, 6) is 0.790. The van der Waals surface area contributed by atoms with Crippen LogP contribution in [0.4, 0.5) is 5.69 Å². The maximum atomic E-state index is 11.9. The summed E-state index contributed by atoms with van der Waals surface area (Å²) in [6, 6.07) is 11.4. The highest BCUT2D eigenvalue weighted by molar-refractivity contribution is 9.11. The zero-order valence-corrected chi connectivity index (χ0v) is 14.6. The van der Waals surface area contributed by atoms with Crippen molar-refractivity contribution >= 4 is 38.9 Å². The summed E-state index contributed by atoms with van der Waals surface area (Å²) in [6.07, 6.45) is 2.28. The summed E-state index contributed by atoms with van der Waals surface area (Å²) in [7, 11) is 0. The molecular formula is C16H19BrN2O2S. The molecule has 1 amide bonds. The zero-order valence-electron chi connectivity index (χ0n) is 12.2. The lowest BCUT2D eigenvalue weighted by molar-refractivity contribution is -0.116. The van der Waals surface area contributed by atoms with Crippen molar-refractivity contribution in [1.82, 2.24) is 0 Å². The van der Waals surface area contributed by atoms with Gasteiger partial charge in [-0.3, -0.25) is 4.79 Å². The summed E-state index contributed by atoms with van der Waals surface area (Å²) in [5.41, 5.74) is 6.16. The van der Waals surface area contributed by atoms with Crippen LogP contribution in [0.15, 0.2) is 40.2 Å². The van der Waals surface area contributed by atoms with Crippen LogP contribution in [0.5, 0.6) is 5.75 Å². The van der Waals surface area contributed by atoms with Gasteiger partial charge in [0.1, 0.15) is 12.4 Å². The maximum absolute atomic E-state index is 11.9. The van der Waals surface area contributed by atoms with Crippen molar-refractivity contribution in [2.24, 2.45) is 5.73 Å². The first-order chi connectivity index (χ1) is 10.7. The summed E-state index contributed by atoms with van der Waals surface area (Å²) < 4.78 is 6.52. The van der Waals surface area contributed by atoms with Crippen LogP contribution in [0.3, 0.4) is 0 Å². The van der Waals surface area contributed by atoms with E-state index in [-0.39, 0.29) is 5.91 Å². The molecule has 0 radical (unpaired) electrons. The second-order valence-electron chi connectivity index (χ2n) is 4.77. The predicted molar refractivity (Wildman–Crippen MR) is 94.6 cm³/mol. The topological polar surface area (TPSA) is 64.3 Å². The van der Waals surface area contributed by atoms with E-state index in [0.29, 0.717) is 19.6 Å². The van der Waals surface area contributed by atoms with E-state index in [2.05, 4.69) is 27.3 Å². The van der Waals surface area contributed by atoms with Gasteiger partial charge in [-0.2, -0.15) is 0 Å². The average molecular weight is 383 g/mol. The highest BCUT2D eigenvalue weighted by Crippen LogP contribution is 2.23. The molecule has 0 fully saturated rings. The maximum Gasteiger partial charge on any atom is 0.224 e. The van der Waals surface area contributed by atoms with Crippen molar-refractivity contribution in [3.8, 4) is 5.75 Å². The van der Waals surface area contributed by atoms with Gasteiger partial charge in [-0.05, 0) is 65.2 Å². The Morgan fingerprint density at radius 2 is 2.00 bits per heavy atom. The number of nitrogens with two attached hydrogens (primary N) is 1. The van der Waals surface area contributed by atoms with Crippen LogP contribution in [0, 0.1) is 0 Å². The predicted octanol–water partition coefficient (Wildman–Crippen LogP) is 3.81. The van der Waals surface area contributed by atoms with E-state index in [1.165, 1.54) is 4.88 Å². The Morgan fingerprint density at radius 3 is 2.64 bits per heavy atom. The minimum atomic E-state index is 0.0336. The number of benzene rings is 1. The Labute approximate surface area is 142 Å². The van der Waals surface area contributed by atoms with Gasteiger partial charge in [0.15, 0.2) is 0 Å². The summed E-state index contributed by atoms with van der Waals surface area (Å²) in [4.78, 5) is 13.2. The highest BCUT2D eigenvalue weighted by Gasteiger charge is 2.04. The molecule has 2 aromatic rings. The number of hydrogen-bond donors (Lipinski definition) is 2. The van der Waals surface area contributed by atoms with Gasteiger partial charge in [-0.15, -0.1) is 11.3 Å². The number of aryl methyl sites for hydroxylation is 1. The van der Waals surface area contributed by atoms with Gasteiger partial charge in [0.2, 0.25) is 5.91 Å². The molecule has 1 aromatic heterocycles. The van der Waals surface area contributed by atoms with E-state index < -0.39 is 0 Å². The molecule has 22 heavy (non-hydrogen) atoms. The first-order valence-corrected chi connectivity index (χ1v) is 8.75. The molecule has 118 valence electrons. The zero-order chi connectivity index (χ0) is 15.8. The molecule has 0 atom stereocenters. The Hall–Kier alpha value is -1.37. The van der Waals surface area contributed by atoms with Crippen LogP contribution in [0.25, 0.3) is 0 Å². The number of hydrogen-bond acceptors (Lipinski definition) is 4. The van der Waals surface area contributed by atoms with Gasteiger partial charge in [0, 0.05) is 23.5 Å². The number of carbonyl (C=O) groups is 1. The van der Waals surface area contributed by atoms with Gasteiger partial charge in [0.25, 0.3) is 0 Å². The van der Waals surface area contributed by atoms with Crippen LogP contribution >= 0.6 is 27.3 Å². The van der Waals surface area contributed by atoms with Gasteiger partial charge in [-0.25, -0.2) is 0 Å². The molecule has 3 N–H and O–H groups in total. The van der Waals surface area contributed by atoms with Crippen LogP contribution < -0.4 is 15.8 Å². The Bertz CT molecular complexity index is 598. The third-order valence-electron chi connectivity index (χ3n) is 2.98. The smallest absolute Gasteiger partial charge is 0.224 e. The Balaban J connectivity index is 1.72. The molecule has 1 heterocycles. The van der Waals surface area contributed by atoms with Crippen molar-refractivity contribution in [3.63, 3.8) is 0 Å². The fourth-order valence-corrected chi connectivity index (χ4v) is 3.47. The van der Waals surface area contributed by atoms with Gasteiger partial charge < -0.3 is 15.8 Å². The minimum absolute atomic E-state index is 0.0336. The van der Waals surface area contributed by atoms with Gasteiger partial charge >= 0.3 is 0 Å². The fourth-order valence-electron chi connectivity index (χ4n) is 1.94. The second kappa shape index (κ2) is 8.92. The van der Waals surface area contributed by atoms with Gasteiger partial charge in [-0.1, -0.05) is 0 Å². The molecule has 0 unspecified atom stereocenters. The second-order valence-corrected chi connectivity index (χ2v) is 7.32. The summed E-state index contributed by atoms with van der Waals surface area (Å²) in [5, 5.41) is 2.89. The van der Waals surface area contributed by atoms with Crippen molar-refractivity contribution in [2.45, 2.75) is 19.3 Å². The third-order valence-corrected chi connectivity index (χ3v) is 4.66. The summed E-state index contributed by atoms with van der Waals surface area (Å²) >= 11 is 5.15. The number of ether oxygens (including phenoxy) is 1. The largest absolute Gasteiger partial charge is 0.492 e. The van der Waals surface area contributed by atoms with Crippen LogP contribution in [0.2, 0.25) is 0 Å². The molecule has 0 saturated carbocycles. The molecule has 1 aromatic carbocycles. The number of halogens is 1. The molecule has 0 spiro atoms. The van der Waals surface area contributed by atoms with Crippen molar-refractivity contribution < 1.29 is 9.53 Å². The lowest BCUT2D eigenvalue weighted by Crippen LogP contribution is -2.12. The molecular weight excluding hydrogens is 364 g/mol. The number of carbonyl (C=O) groups excluding carboxylic acids is 1. The quantitative estimate of drug-likeness (QED) is 0.729. The van der Waals surface area contributed by atoms with E-state index in [9.17, 15) is 4.79 Å². The standard InChI is InChI=1S/C16H19BrN2O2S/c17-15-9-8-14(22-15)2-1-3-16(20)19-12-4-6-13(7-5-12)21-11-10-18/h4-9H,1-3,10-11,18H2,(H,19,20). The SMILES string of the molecule is NCCOc1ccc(NC(=O)CCCc2ccc(Br)s2)cc1. The molecule has 2 rings (SSSR count). The lowest BCUT2D eigenvalue weighted by Gasteiger charge is -2.07. The van der Waals surface area contributed by atoms with Gasteiger partial charge in [0.05, 0.1) is 3.79 Å². The van der Waals surface area contributed by atoms with Crippen LogP contribution in [0.1, 0.15) is 17.7 Å². The molecule has 0 aliphatic carbocycles. The molecule has 0 aliphatic rings. The fraction of sp³-hybridized carbons (Fsp3) is 0.312. The molecule has 6 heteroatoms. The third kappa shape index (κ3) is 5.79. The number of anilines is 1. The Morgan fingerprint density at radius 1 is 1.23 bits per heavy atom.